The molecule has 0 radical (unpaired) electrons. The maximum Gasteiger partial charge on any atom is 0.240 e. The van der Waals surface area contributed by atoms with Crippen molar-refractivity contribution in [2.24, 2.45) is 0 Å². The molecule has 0 saturated heterocycles. The van der Waals surface area contributed by atoms with Crippen molar-refractivity contribution in [3.8, 4) is 5.75 Å². The van der Waals surface area contributed by atoms with Crippen LogP contribution in [0.2, 0.25) is 0 Å². The van der Waals surface area contributed by atoms with E-state index in [1.165, 1.54) is 25.3 Å². The van der Waals surface area contributed by atoms with Gasteiger partial charge in [-0.1, -0.05) is 28.1 Å². The smallest absolute Gasteiger partial charge is 0.240 e. The Morgan fingerprint density at radius 2 is 1.67 bits per heavy atom. The first-order valence-corrected chi connectivity index (χ1v) is 11.9. The quantitative estimate of drug-likeness (QED) is 0.609. The summed E-state index contributed by atoms with van der Waals surface area (Å²) in [6.45, 7) is 3.39. The lowest BCUT2D eigenvalue weighted by Gasteiger charge is -2.15. The number of benzene rings is 2. The minimum Gasteiger partial charge on any atom is -0.495 e. The third-order valence-electron chi connectivity index (χ3n) is 3.41. The van der Waals surface area contributed by atoms with Crippen molar-refractivity contribution >= 4 is 41.7 Å². The molecule has 0 aliphatic rings. The molecule has 0 saturated carbocycles. The van der Waals surface area contributed by atoms with Crippen LogP contribution in [0.1, 0.15) is 19.4 Å². The topological polar surface area (TPSA) is 102 Å². The average molecular weight is 477 g/mol. The summed E-state index contributed by atoms with van der Waals surface area (Å²) in [5.41, 5.74) is 0.649. The standard InChI is InChI=1S/C17H21BrN2O5S2/c1-12(2)19-27(23,24)15-8-9-17(25-3)16(10-15)20-26(21,22)11-13-4-6-14(18)7-5-13/h4-10,12,19-20H,11H2,1-3H3. The maximum absolute atomic E-state index is 12.5. The fourth-order valence-corrected chi connectivity index (χ4v) is 5.06. The Bertz CT molecular complexity index is 1000. The van der Waals surface area contributed by atoms with Gasteiger partial charge in [0.15, 0.2) is 0 Å². The molecule has 0 heterocycles. The van der Waals surface area contributed by atoms with Crippen LogP contribution in [0.25, 0.3) is 0 Å². The molecule has 0 amide bonds. The Morgan fingerprint density at radius 3 is 2.22 bits per heavy atom. The largest absolute Gasteiger partial charge is 0.495 e. The van der Waals surface area contributed by atoms with Crippen LogP contribution in [0.5, 0.6) is 5.75 Å². The number of hydrogen-bond acceptors (Lipinski definition) is 5. The van der Waals surface area contributed by atoms with Gasteiger partial charge in [-0.2, -0.15) is 0 Å². The minimum absolute atomic E-state index is 0.0567. The molecule has 10 heteroatoms. The summed E-state index contributed by atoms with van der Waals surface area (Å²) < 4.78 is 60.6. The Labute approximate surface area is 168 Å². The van der Waals surface area contributed by atoms with Crippen LogP contribution >= 0.6 is 15.9 Å². The lowest BCUT2D eigenvalue weighted by Crippen LogP contribution is -2.30. The highest BCUT2D eigenvalue weighted by Crippen LogP contribution is 2.29. The Morgan fingerprint density at radius 1 is 1.04 bits per heavy atom. The zero-order valence-electron chi connectivity index (χ0n) is 15.1. The Balaban J connectivity index is 2.33. The van der Waals surface area contributed by atoms with Crippen molar-refractivity contribution in [2.45, 2.75) is 30.5 Å². The molecule has 0 spiro atoms. The van der Waals surface area contributed by atoms with Gasteiger partial charge < -0.3 is 4.74 Å². The molecular weight excluding hydrogens is 456 g/mol. The van der Waals surface area contributed by atoms with Crippen LogP contribution in [0.3, 0.4) is 0 Å². The Hall–Kier alpha value is -1.62. The van der Waals surface area contributed by atoms with E-state index in [-0.39, 0.29) is 28.1 Å². The van der Waals surface area contributed by atoms with Crippen molar-refractivity contribution in [3.63, 3.8) is 0 Å². The van der Waals surface area contributed by atoms with E-state index in [4.69, 9.17) is 4.74 Å². The molecule has 0 atom stereocenters. The third-order valence-corrected chi connectivity index (χ3v) is 6.84. The fourth-order valence-electron chi connectivity index (χ4n) is 2.32. The second-order valence-corrected chi connectivity index (χ2v) is 10.5. The van der Waals surface area contributed by atoms with Crippen molar-refractivity contribution in [2.75, 3.05) is 11.8 Å². The molecule has 0 unspecified atom stereocenters. The number of nitrogens with one attached hydrogen (secondary N) is 2. The fraction of sp³-hybridized carbons (Fsp3) is 0.294. The van der Waals surface area contributed by atoms with Gasteiger partial charge in [-0.25, -0.2) is 21.6 Å². The van der Waals surface area contributed by atoms with Gasteiger partial charge in [-0.15, -0.1) is 0 Å². The summed E-state index contributed by atoms with van der Waals surface area (Å²) in [7, 11) is -6.17. The lowest BCUT2D eigenvalue weighted by atomic mass is 10.2. The molecule has 2 aromatic carbocycles. The lowest BCUT2D eigenvalue weighted by molar-refractivity contribution is 0.416. The van der Waals surface area contributed by atoms with Gasteiger partial charge in [-0.05, 0) is 49.7 Å². The number of sulfonamides is 2. The van der Waals surface area contributed by atoms with Crippen LogP contribution in [-0.4, -0.2) is 30.0 Å². The molecular formula is C17H21BrN2O5S2. The number of rotatable bonds is 8. The zero-order valence-corrected chi connectivity index (χ0v) is 18.3. The summed E-state index contributed by atoms with van der Waals surface area (Å²) in [6.07, 6.45) is 0. The van der Waals surface area contributed by atoms with Gasteiger partial charge in [-0.3, -0.25) is 4.72 Å². The molecule has 2 aromatic rings. The first-order valence-electron chi connectivity index (χ1n) is 7.98. The highest BCUT2D eigenvalue weighted by Gasteiger charge is 2.20. The van der Waals surface area contributed by atoms with Gasteiger partial charge in [0.25, 0.3) is 0 Å². The number of methoxy groups -OCH3 is 1. The van der Waals surface area contributed by atoms with Crippen LogP contribution in [0.4, 0.5) is 5.69 Å². The van der Waals surface area contributed by atoms with E-state index >= 15 is 0 Å². The second-order valence-electron chi connectivity index (χ2n) is 6.13. The van der Waals surface area contributed by atoms with Crippen LogP contribution in [0, 0.1) is 0 Å². The first-order chi connectivity index (χ1) is 12.5. The summed E-state index contributed by atoms with van der Waals surface area (Å²) >= 11 is 3.30. The van der Waals surface area contributed by atoms with E-state index in [9.17, 15) is 16.8 Å². The number of anilines is 1. The van der Waals surface area contributed by atoms with Crippen molar-refractivity contribution in [1.82, 2.24) is 4.72 Å². The molecule has 0 aliphatic heterocycles. The van der Waals surface area contributed by atoms with Crippen molar-refractivity contribution in [1.29, 1.82) is 0 Å². The number of ether oxygens (including phenoxy) is 1. The third kappa shape index (κ3) is 6.20. The van der Waals surface area contributed by atoms with Gasteiger partial charge in [0.05, 0.1) is 23.4 Å². The molecule has 27 heavy (non-hydrogen) atoms. The van der Waals surface area contributed by atoms with E-state index in [2.05, 4.69) is 25.4 Å². The van der Waals surface area contributed by atoms with E-state index in [1.54, 1.807) is 38.1 Å². The first kappa shape index (κ1) is 21.7. The van der Waals surface area contributed by atoms with Gasteiger partial charge >= 0.3 is 0 Å². The van der Waals surface area contributed by atoms with Crippen molar-refractivity contribution in [3.05, 3.63) is 52.5 Å². The summed E-state index contributed by atoms with van der Waals surface area (Å²) in [5.74, 6) is -0.0390. The van der Waals surface area contributed by atoms with Gasteiger partial charge in [0, 0.05) is 10.5 Å². The second kappa shape index (κ2) is 8.59. The molecule has 0 fully saturated rings. The summed E-state index contributed by atoms with van der Waals surface area (Å²) in [5, 5.41) is 0. The number of halogens is 1. The molecule has 148 valence electrons. The molecule has 7 nitrogen and oxygen atoms in total. The van der Waals surface area contributed by atoms with E-state index in [1.807, 2.05) is 0 Å². The highest BCUT2D eigenvalue weighted by atomic mass is 79.9. The SMILES string of the molecule is COc1ccc(S(=O)(=O)NC(C)C)cc1NS(=O)(=O)Cc1ccc(Br)cc1. The molecule has 0 aliphatic carbocycles. The van der Waals surface area contributed by atoms with Crippen LogP contribution in [0.15, 0.2) is 51.8 Å². The van der Waals surface area contributed by atoms with Gasteiger partial charge in [0.1, 0.15) is 5.75 Å². The summed E-state index contributed by atoms with van der Waals surface area (Å²) in [6, 6.07) is 10.6. The highest BCUT2D eigenvalue weighted by molar-refractivity contribution is 9.10. The van der Waals surface area contributed by atoms with Crippen LogP contribution in [-0.2, 0) is 25.8 Å². The number of hydrogen-bond donors (Lipinski definition) is 2. The minimum atomic E-state index is -3.78. The monoisotopic (exact) mass is 476 g/mol. The van der Waals surface area contributed by atoms with Crippen LogP contribution < -0.4 is 14.2 Å². The molecule has 0 aromatic heterocycles. The van der Waals surface area contributed by atoms with E-state index < -0.39 is 20.0 Å². The molecule has 0 bridgehead atoms. The summed E-state index contributed by atoms with van der Waals surface area (Å²) in [4.78, 5) is -0.0571. The molecule has 2 N–H and O–H groups in total. The Kier molecular flexibility index (Phi) is 6.90. The van der Waals surface area contributed by atoms with E-state index in [0.29, 0.717) is 5.56 Å². The maximum atomic E-state index is 12.5. The van der Waals surface area contributed by atoms with E-state index in [0.717, 1.165) is 4.47 Å². The zero-order chi connectivity index (χ0) is 20.2. The predicted octanol–water partition coefficient (Wildman–Crippen LogP) is 3.09. The van der Waals surface area contributed by atoms with Crippen molar-refractivity contribution < 1.29 is 21.6 Å². The average Bonchev–Trinajstić information content (AvgIpc) is 2.55. The van der Waals surface area contributed by atoms with Gasteiger partial charge in [0.2, 0.25) is 20.0 Å². The normalized spacial score (nSPS) is 12.2. The predicted molar refractivity (Wildman–Crippen MR) is 109 cm³/mol. The molecule has 2 rings (SSSR count).